The summed E-state index contributed by atoms with van der Waals surface area (Å²) in [5.74, 6) is -5.15. The van der Waals surface area contributed by atoms with Crippen LogP contribution < -0.4 is 17.0 Å². The molecule has 0 saturated carbocycles. The lowest BCUT2D eigenvalue weighted by Gasteiger charge is -2.11. The van der Waals surface area contributed by atoms with Crippen molar-refractivity contribution in [2.45, 2.75) is 0 Å². The van der Waals surface area contributed by atoms with Gasteiger partial charge < -0.3 is 10.5 Å². The summed E-state index contributed by atoms with van der Waals surface area (Å²) in [5, 5.41) is 0. The molecule has 0 aliphatic heterocycles. The minimum atomic E-state index is -1.41. The van der Waals surface area contributed by atoms with E-state index >= 15 is 0 Å². The summed E-state index contributed by atoms with van der Waals surface area (Å²) < 4.78 is 33.1. The number of carbonyl (C=O) groups is 2. The minimum absolute atomic E-state index is 0.411. The zero-order valence-corrected chi connectivity index (χ0v) is 13.2. The molecule has 0 spiro atoms. The van der Waals surface area contributed by atoms with Crippen molar-refractivity contribution in [3.63, 3.8) is 0 Å². The van der Waals surface area contributed by atoms with Gasteiger partial charge in [-0.2, -0.15) is 0 Å². The van der Waals surface area contributed by atoms with Gasteiger partial charge in [0.1, 0.15) is 28.6 Å². The highest BCUT2D eigenvalue weighted by molar-refractivity contribution is 6.02. The largest absolute Gasteiger partial charge is 0.454 e. The number of nitrogens with zero attached hydrogens (tertiary/aromatic N) is 2. The molecule has 0 radical (unpaired) electrons. The van der Waals surface area contributed by atoms with Crippen LogP contribution in [0.15, 0.2) is 27.8 Å². The Morgan fingerprint density at radius 1 is 1.08 bits per heavy atom. The van der Waals surface area contributed by atoms with Gasteiger partial charge in [0.2, 0.25) is 5.78 Å². The van der Waals surface area contributed by atoms with E-state index in [0.717, 1.165) is 29.8 Å². The van der Waals surface area contributed by atoms with Gasteiger partial charge >= 0.3 is 11.7 Å². The van der Waals surface area contributed by atoms with E-state index in [2.05, 4.69) is 4.74 Å². The van der Waals surface area contributed by atoms with Gasteiger partial charge in [0.15, 0.2) is 6.61 Å². The summed E-state index contributed by atoms with van der Waals surface area (Å²) in [7, 11) is 2.39. The van der Waals surface area contributed by atoms with Crippen LogP contribution in [-0.4, -0.2) is 27.5 Å². The van der Waals surface area contributed by atoms with Gasteiger partial charge in [-0.3, -0.25) is 18.7 Å². The third-order valence-electron chi connectivity index (χ3n) is 3.49. The molecule has 2 N–H and O–H groups in total. The number of ether oxygens (including phenoxy) is 1. The Balaban J connectivity index is 2.29. The zero-order valence-electron chi connectivity index (χ0n) is 13.2. The fourth-order valence-electron chi connectivity index (χ4n) is 2.09. The van der Waals surface area contributed by atoms with Crippen LogP contribution in [0.4, 0.5) is 14.6 Å². The van der Waals surface area contributed by atoms with Gasteiger partial charge in [0.25, 0.3) is 5.56 Å². The van der Waals surface area contributed by atoms with Crippen LogP contribution in [-0.2, 0) is 18.8 Å². The lowest BCUT2D eigenvalue weighted by molar-refractivity contribution is 0.0464. The molecule has 0 aliphatic rings. The number of benzene rings is 1. The number of anilines is 1. The summed E-state index contributed by atoms with van der Waals surface area (Å²) in [4.78, 5) is 47.6. The SMILES string of the molecule is Cn1c(N)c(C(=O)COC(=O)c2c(F)cccc2F)c(=O)n(C)c1=O. The molecule has 10 heteroatoms. The molecule has 0 fully saturated rings. The van der Waals surface area contributed by atoms with Crippen molar-refractivity contribution in [2.24, 2.45) is 14.1 Å². The Bertz CT molecular complexity index is 974. The normalized spacial score (nSPS) is 10.6. The van der Waals surface area contributed by atoms with Crippen LogP contribution in [0.3, 0.4) is 0 Å². The van der Waals surface area contributed by atoms with E-state index in [9.17, 15) is 28.0 Å². The number of ketones is 1. The highest BCUT2D eigenvalue weighted by atomic mass is 19.1. The molecule has 2 rings (SSSR count). The van der Waals surface area contributed by atoms with E-state index in [-0.39, 0.29) is 0 Å². The molecule has 1 aromatic carbocycles. The Morgan fingerprint density at radius 3 is 2.20 bits per heavy atom. The van der Waals surface area contributed by atoms with E-state index in [1.165, 1.54) is 7.05 Å². The van der Waals surface area contributed by atoms with Crippen molar-refractivity contribution < 1.29 is 23.1 Å². The molecule has 0 bridgehead atoms. The van der Waals surface area contributed by atoms with Crippen molar-refractivity contribution in [3.8, 4) is 0 Å². The van der Waals surface area contributed by atoms with E-state index in [0.29, 0.717) is 4.57 Å². The Hall–Kier alpha value is -3.30. The Labute approximate surface area is 139 Å². The molecule has 8 nitrogen and oxygen atoms in total. The van der Waals surface area contributed by atoms with Crippen molar-refractivity contribution in [2.75, 3.05) is 12.3 Å². The average Bonchev–Trinajstić information content (AvgIpc) is 2.56. The van der Waals surface area contributed by atoms with Gasteiger partial charge in [0, 0.05) is 14.1 Å². The van der Waals surface area contributed by atoms with Gasteiger partial charge in [-0.15, -0.1) is 0 Å². The topological polar surface area (TPSA) is 113 Å². The Morgan fingerprint density at radius 2 is 1.64 bits per heavy atom. The van der Waals surface area contributed by atoms with E-state index in [1.54, 1.807) is 0 Å². The molecule has 25 heavy (non-hydrogen) atoms. The van der Waals surface area contributed by atoms with Crippen LogP contribution in [0.1, 0.15) is 20.7 Å². The maximum absolute atomic E-state index is 13.5. The second-order valence-electron chi connectivity index (χ2n) is 5.06. The summed E-state index contributed by atoms with van der Waals surface area (Å²) >= 11 is 0. The lowest BCUT2D eigenvalue weighted by atomic mass is 10.2. The quantitative estimate of drug-likeness (QED) is 0.611. The molecule has 0 amide bonds. The van der Waals surface area contributed by atoms with Gasteiger partial charge in [-0.25, -0.2) is 18.4 Å². The molecule has 2 aromatic rings. The first-order valence-corrected chi connectivity index (χ1v) is 6.86. The van der Waals surface area contributed by atoms with Gasteiger partial charge in [0.05, 0.1) is 0 Å². The molecule has 0 aliphatic carbocycles. The van der Waals surface area contributed by atoms with Crippen LogP contribution in [0.2, 0.25) is 0 Å². The van der Waals surface area contributed by atoms with Crippen LogP contribution >= 0.6 is 0 Å². The maximum atomic E-state index is 13.5. The van der Waals surface area contributed by atoms with Crippen LogP contribution in [0.25, 0.3) is 0 Å². The van der Waals surface area contributed by atoms with Crippen LogP contribution in [0, 0.1) is 11.6 Å². The fourth-order valence-corrected chi connectivity index (χ4v) is 2.09. The molecule has 1 heterocycles. The third kappa shape index (κ3) is 3.18. The molecule has 0 unspecified atom stereocenters. The summed E-state index contributed by atoms with van der Waals surface area (Å²) in [6.07, 6.45) is 0. The fraction of sp³-hybridized carbons (Fsp3) is 0.200. The van der Waals surface area contributed by atoms with Crippen molar-refractivity contribution in [1.29, 1.82) is 0 Å². The first-order chi connectivity index (χ1) is 11.7. The molecule has 0 atom stereocenters. The summed E-state index contributed by atoms with van der Waals surface area (Å²) in [6.45, 7) is -0.982. The monoisotopic (exact) mass is 353 g/mol. The van der Waals surface area contributed by atoms with Crippen molar-refractivity contribution in [3.05, 3.63) is 61.8 Å². The minimum Gasteiger partial charge on any atom is -0.454 e. The second-order valence-corrected chi connectivity index (χ2v) is 5.06. The molecular weight excluding hydrogens is 340 g/mol. The predicted molar refractivity (Wildman–Crippen MR) is 82.3 cm³/mol. The number of halogens is 2. The van der Waals surface area contributed by atoms with E-state index in [4.69, 9.17) is 5.73 Å². The number of nitrogen functional groups attached to an aromatic ring is 1. The highest BCUT2D eigenvalue weighted by Crippen LogP contribution is 2.13. The van der Waals surface area contributed by atoms with Crippen molar-refractivity contribution in [1.82, 2.24) is 9.13 Å². The maximum Gasteiger partial charge on any atom is 0.344 e. The second kappa shape index (κ2) is 6.67. The highest BCUT2D eigenvalue weighted by Gasteiger charge is 2.23. The number of hydrogen-bond donors (Lipinski definition) is 1. The summed E-state index contributed by atoms with van der Waals surface area (Å²) in [5.41, 5.74) is 2.34. The molecule has 0 saturated heterocycles. The predicted octanol–water partition coefficient (Wildman–Crippen LogP) is -0.0159. The van der Waals surface area contributed by atoms with E-state index < -0.39 is 58.2 Å². The molecular formula is C15H13F2N3O5. The standard InChI is InChI=1S/C15H13F2N3O5/c1-19-12(18)11(13(22)20(2)15(19)24)9(21)6-25-14(23)10-7(16)4-3-5-8(10)17/h3-5H,6,18H2,1-2H3. The number of nitrogens with two attached hydrogens (primary N) is 1. The number of Topliss-reactive ketones (excluding diaryl/α,β-unsaturated/α-hetero) is 1. The molecule has 1 aromatic heterocycles. The lowest BCUT2D eigenvalue weighted by Crippen LogP contribution is -2.42. The third-order valence-corrected chi connectivity index (χ3v) is 3.49. The van der Waals surface area contributed by atoms with Crippen LogP contribution in [0.5, 0.6) is 0 Å². The van der Waals surface area contributed by atoms with Crippen molar-refractivity contribution >= 4 is 17.6 Å². The number of aromatic nitrogens is 2. The molecule has 132 valence electrons. The number of rotatable bonds is 4. The summed E-state index contributed by atoms with van der Waals surface area (Å²) in [6, 6.07) is 2.76. The Kier molecular flexibility index (Phi) is 4.82. The first-order valence-electron chi connectivity index (χ1n) is 6.86. The first kappa shape index (κ1) is 18.0. The van der Waals surface area contributed by atoms with E-state index in [1.807, 2.05) is 0 Å². The number of esters is 1. The number of carbonyl (C=O) groups excluding carboxylic acids is 2. The number of hydrogen-bond acceptors (Lipinski definition) is 6. The average molecular weight is 353 g/mol. The van der Waals surface area contributed by atoms with Gasteiger partial charge in [-0.05, 0) is 12.1 Å². The smallest absolute Gasteiger partial charge is 0.344 e. The van der Waals surface area contributed by atoms with Gasteiger partial charge in [-0.1, -0.05) is 6.07 Å². The zero-order chi connectivity index (χ0) is 18.9.